The monoisotopic (exact) mass is 340 g/mol. The molecule has 0 aliphatic rings. The fourth-order valence-electron chi connectivity index (χ4n) is 0.782. The SMILES string of the molecule is CCCCOC(=O)C(F)(F)F.CCCCOC(=O)C(F)(F)F. The molecule has 0 bridgehead atoms. The van der Waals surface area contributed by atoms with Gasteiger partial charge in [0, 0.05) is 0 Å². The van der Waals surface area contributed by atoms with E-state index in [0.29, 0.717) is 25.7 Å². The van der Waals surface area contributed by atoms with Gasteiger partial charge in [-0.1, -0.05) is 26.7 Å². The van der Waals surface area contributed by atoms with Crippen LogP contribution in [-0.2, 0) is 19.1 Å². The normalized spacial score (nSPS) is 11.3. The summed E-state index contributed by atoms with van der Waals surface area (Å²) in [5.41, 5.74) is 0. The maximum atomic E-state index is 11.4. The molecular formula is C12H18F6O4. The van der Waals surface area contributed by atoms with Gasteiger partial charge in [-0.25, -0.2) is 9.59 Å². The van der Waals surface area contributed by atoms with E-state index in [9.17, 15) is 35.9 Å². The zero-order valence-electron chi connectivity index (χ0n) is 12.1. The topological polar surface area (TPSA) is 52.6 Å². The first-order valence-corrected chi connectivity index (χ1v) is 6.44. The van der Waals surface area contributed by atoms with Crippen LogP contribution >= 0.6 is 0 Å². The molecular weight excluding hydrogens is 322 g/mol. The summed E-state index contributed by atoms with van der Waals surface area (Å²) in [5.74, 6) is -4.21. The third-order valence-electron chi connectivity index (χ3n) is 1.93. The number of esters is 2. The van der Waals surface area contributed by atoms with Gasteiger partial charge in [0.15, 0.2) is 0 Å². The molecule has 22 heavy (non-hydrogen) atoms. The van der Waals surface area contributed by atoms with Crippen LogP contribution in [0.5, 0.6) is 0 Å². The number of carbonyl (C=O) groups excluding carboxylic acids is 2. The molecule has 132 valence electrons. The fourth-order valence-corrected chi connectivity index (χ4v) is 0.782. The fraction of sp³-hybridized carbons (Fsp3) is 0.833. The Morgan fingerprint density at radius 2 is 1.00 bits per heavy atom. The average molecular weight is 340 g/mol. The molecule has 4 nitrogen and oxygen atoms in total. The second-order valence-corrected chi connectivity index (χ2v) is 3.97. The van der Waals surface area contributed by atoms with Gasteiger partial charge in [0.2, 0.25) is 0 Å². The molecule has 0 spiro atoms. The summed E-state index contributed by atoms with van der Waals surface area (Å²) in [6, 6.07) is 0. The molecule has 0 unspecified atom stereocenters. The Hall–Kier alpha value is -1.48. The van der Waals surface area contributed by atoms with Crippen molar-refractivity contribution in [3.63, 3.8) is 0 Å². The van der Waals surface area contributed by atoms with E-state index in [1.165, 1.54) is 0 Å². The van der Waals surface area contributed by atoms with Crippen molar-refractivity contribution in [2.75, 3.05) is 13.2 Å². The minimum Gasteiger partial charge on any atom is -0.459 e. The number of hydrogen-bond donors (Lipinski definition) is 0. The van der Waals surface area contributed by atoms with Crippen molar-refractivity contribution in [1.82, 2.24) is 0 Å². The second-order valence-electron chi connectivity index (χ2n) is 3.97. The smallest absolute Gasteiger partial charge is 0.459 e. The van der Waals surface area contributed by atoms with Gasteiger partial charge in [0.1, 0.15) is 0 Å². The molecule has 0 amide bonds. The maximum absolute atomic E-state index is 11.4. The van der Waals surface area contributed by atoms with Crippen LogP contribution in [0.15, 0.2) is 0 Å². The summed E-state index contributed by atoms with van der Waals surface area (Å²) in [6.45, 7) is 3.27. The number of rotatable bonds is 6. The van der Waals surface area contributed by atoms with E-state index >= 15 is 0 Å². The minimum absolute atomic E-state index is 0.158. The Morgan fingerprint density at radius 1 is 0.727 bits per heavy atom. The van der Waals surface area contributed by atoms with Crippen LogP contribution in [0.4, 0.5) is 26.3 Å². The molecule has 0 radical (unpaired) electrons. The molecule has 0 aliphatic heterocycles. The van der Waals surface area contributed by atoms with Crippen molar-refractivity contribution in [1.29, 1.82) is 0 Å². The summed E-state index contributed by atoms with van der Waals surface area (Å²) in [7, 11) is 0. The quantitative estimate of drug-likeness (QED) is 0.419. The van der Waals surface area contributed by atoms with Crippen LogP contribution in [0.25, 0.3) is 0 Å². The second kappa shape index (κ2) is 11.1. The summed E-state index contributed by atoms with van der Waals surface area (Å²) < 4.78 is 76.2. The van der Waals surface area contributed by atoms with E-state index in [1.807, 2.05) is 0 Å². The van der Waals surface area contributed by atoms with Crippen LogP contribution in [0.2, 0.25) is 0 Å². The van der Waals surface area contributed by atoms with Gasteiger partial charge in [-0.05, 0) is 12.8 Å². The first-order valence-electron chi connectivity index (χ1n) is 6.44. The lowest BCUT2D eigenvalue weighted by atomic mass is 10.4. The Balaban J connectivity index is 0. The largest absolute Gasteiger partial charge is 0.490 e. The predicted octanol–water partition coefficient (Wildman–Crippen LogP) is 3.78. The maximum Gasteiger partial charge on any atom is 0.490 e. The van der Waals surface area contributed by atoms with Crippen LogP contribution in [0.1, 0.15) is 39.5 Å². The molecule has 0 aromatic heterocycles. The van der Waals surface area contributed by atoms with Crippen molar-refractivity contribution in [3.05, 3.63) is 0 Å². The summed E-state index contributed by atoms with van der Waals surface area (Å²) >= 11 is 0. The van der Waals surface area contributed by atoms with Crippen molar-refractivity contribution in [3.8, 4) is 0 Å². The van der Waals surface area contributed by atoms with E-state index in [0.717, 1.165) is 0 Å². The number of halogens is 6. The van der Waals surface area contributed by atoms with E-state index in [1.54, 1.807) is 13.8 Å². The Bertz CT molecular complexity index is 293. The molecule has 0 N–H and O–H groups in total. The number of alkyl halides is 6. The zero-order valence-corrected chi connectivity index (χ0v) is 12.1. The van der Waals surface area contributed by atoms with Gasteiger partial charge < -0.3 is 9.47 Å². The van der Waals surface area contributed by atoms with E-state index in [2.05, 4.69) is 9.47 Å². The lowest BCUT2D eigenvalue weighted by Gasteiger charge is -2.05. The number of ether oxygens (including phenoxy) is 2. The number of hydrogen-bond acceptors (Lipinski definition) is 4. The summed E-state index contributed by atoms with van der Waals surface area (Å²) in [6.07, 6.45) is -7.39. The van der Waals surface area contributed by atoms with E-state index in [-0.39, 0.29) is 13.2 Å². The zero-order chi connectivity index (χ0) is 17.8. The first kappa shape index (κ1) is 22.8. The number of carbonyl (C=O) groups is 2. The van der Waals surface area contributed by atoms with E-state index < -0.39 is 24.3 Å². The molecule has 0 fully saturated rings. The van der Waals surface area contributed by atoms with Crippen molar-refractivity contribution >= 4 is 11.9 Å². The summed E-state index contributed by atoms with van der Waals surface area (Å²) in [5, 5.41) is 0. The Morgan fingerprint density at radius 3 is 1.18 bits per heavy atom. The van der Waals surface area contributed by atoms with Crippen LogP contribution < -0.4 is 0 Å². The molecule has 0 rings (SSSR count). The first-order chi connectivity index (χ1) is 9.96. The highest BCUT2D eigenvalue weighted by molar-refractivity contribution is 5.75. The Labute approximate surface area is 123 Å². The third-order valence-corrected chi connectivity index (χ3v) is 1.93. The van der Waals surface area contributed by atoms with Crippen LogP contribution in [0, 0.1) is 0 Å². The van der Waals surface area contributed by atoms with Gasteiger partial charge in [-0.3, -0.25) is 0 Å². The van der Waals surface area contributed by atoms with Gasteiger partial charge in [0.25, 0.3) is 0 Å². The standard InChI is InChI=1S/2C6H9F3O2/c2*1-2-3-4-11-5(10)6(7,8)9/h2*2-4H2,1H3. The molecule has 10 heteroatoms. The highest BCUT2D eigenvalue weighted by Crippen LogP contribution is 2.17. The third kappa shape index (κ3) is 13.5. The van der Waals surface area contributed by atoms with Crippen molar-refractivity contribution in [2.45, 2.75) is 51.9 Å². The van der Waals surface area contributed by atoms with Gasteiger partial charge in [-0.2, -0.15) is 26.3 Å². The average Bonchev–Trinajstić information content (AvgIpc) is 2.37. The molecule has 0 saturated heterocycles. The minimum atomic E-state index is -4.85. The van der Waals surface area contributed by atoms with Crippen LogP contribution in [-0.4, -0.2) is 37.5 Å². The predicted molar refractivity (Wildman–Crippen MR) is 63.8 cm³/mol. The van der Waals surface area contributed by atoms with Crippen molar-refractivity contribution in [2.24, 2.45) is 0 Å². The van der Waals surface area contributed by atoms with Gasteiger partial charge in [-0.15, -0.1) is 0 Å². The highest BCUT2D eigenvalue weighted by atomic mass is 19.4. The van der Waals surface area contributed by atoms with E-state index in [4.69, 9.17) is 0 Å². The number of unbranched alkanes of at least 4 members (excludes halogenated alkanes) is 2. The summed E-state index contributed by atoms with van der Waals surface area (Å²) in [4.78, 5) is 20.0. The lowest BCUT2D eigenvalue weighted by Crippen LogP contribution is -2.25. The van der Waals surface area contributed by atoms with Gasteiger partial charge in [0.05, 0.1) is 13.2 Å². The molecule has 0 aromatic carbocycles. The lowest BCUT2D eigenvalue weighted by molar-refractivity contribution is -0.199. The van der Waals surface area contributed by atoms with Crippen LogP contribution in [0.3, 0.4) is 0 Å². The molecule has 0 saturated carbocycles. The highest BCUT2D eigenvalue weighted by Gasteiger charge is 2.41. The Kier molecular flexibility index (Phi) is 11.5. The molecule has 0 aliphatic carbocycles. The van der Waals surface area contributed by atoms with Gasteiger partial charge >= 0.3 is 24.3 Å². The molecule has 0 aromatic rings. The molecule has 0 atom stereocenters. The van der Waals surface area contributed by atoms with Crippen molar-refractivity contribution < 1.29 is 45.4 Å². The molecule has 0 heterocycles.